The van der Waals surface area contributed by atoms with Gasteiger partial charge in [-0.25, -0.2) is 0 Å². The molecule has 0 radical (unpaired) electrons. The van der Waals surface area contributed by atoms with Gasteiger partial charge in [0, 0.05) is 0 Å². The average molecular weight is 587 g/mol. The van der Waals surface area contributed by atoms with Gasteiger partial charge in [0.25, 0.3) is 0 Å². The van der Waals surface area contributed by atoms with Gasteiger partial charge in [-0.1, -0.05) is 153 Å². The summed E-state index contributed by atoms with van der Waals surface area (Å²) in [5.41, 5.74) is 8.72. The predicted octanol–water partition coefficient (Wildman–Crippen LogP) is 12.7. The molecule has 0 bridgehead atoms. The van der Waals surface area contributed by atoms with Crippen LogP contribution in [0.5, 0.6) is 0 Å². The van der Waals surface area contributed by atoms with Gasteiger partial charge in [0.05, 0.1) is 0 Å². The van der Waals surface area contributed by atoms with Crippen LogP contribution in [-0.4, -0.2) is 0 Å². The number of aryl methyl sites for hydroxylation is 2. The third-order valence-electron chi connectivity index (χ3n) is 10.4. The Morgan fingerprint density at radius 2 is 0.630 bits per heavy atom. The Labute approximate surface area is 269 Å². The maximum atomic E-state index is 2.31. The molecule has 0 amide bonds. The highest BCUT2D eigenvalue weighted by atomic mass is 14.3. The van der Waals surface area contributed by atoms with E-state index in [1.165, 1.54) is 98.0 Å². The molecule has 9 aromatic carbocycles. The van der Waals surface area contributed by atoms with Gasteiger partial charge in [-0.05, 0) is 118 Å². The standard InChI is InChI=1S/C29H18.C17H16/c1-3-13-22-18(9-1)20-11-5-7-15-24(20)28-26(22)17-27-23-14-4-2-10-19(23)21-12-6-8-16-25(21)29(27)28;1-3-13-16-10-6-4-8-14(16)12(2)15-9-5-7-11-17(13)15/h1-16H,17H2;4-11H,3H2,1-2H3. The molecular weight excluding hydrogens is 553 g/mol. The Bertz CT molecular complexity index is 2470. The molecule has 0 atom stereocenters. The number of rotatable bonds is 1. The SMILES string of the molecule is CCc1c2ccccc2c(C)c2ccccc12.c1ccc2c(c1)c1c(c3ccccc32)-c2c(c3ccccc3c3ccccc23)C1. The van der Waals surface area contributed by atoms with Crippen LogP contribution in [0.25, 0.3) is 75.8 Å². The molecule has 0 heterocycles. The lowest BCUT2D eigenvalue weighted by atomic mass is 9.89. The molecule has 0 fully saturated rings. The van der Waals surface area contributed by atoms with Gasteiger partial charge < -0.3 is 0 Å². The van der Waals surface area contributed by atoms with E-state index in [1.807, 2.05) is 0 Å². The molecule has 0 unspecified atom stereocenters. The zero-order valence-corrected chi connectivity index (χ0v) is 26.3. The van der Waals surface area contributed by atoms with Gasteiger partial charge in [0.15, 0.2) is 0 Å². The van der Waals surface area contributed by atoms with E-state index < -0.39 is 0 Å². The first-order valence-electron chi connectivity index (χ1n) is 16.5. The fourth-order valence-corrected chi connectivity index (χ4v) is 8.36. The Balaban J connectivity index is 0.000000147. The summed E-state index contributed by atoms with van der Waals surface area (Å²) >= 11 is 0. The summed E-state index contributed by atoms with van der Waals surface area (Å²) < 4.78 is 0. The van der Waals surface area contributed by atoms with Crippen LogP contribution >= 0.6 is 0 Å². The van der Waals surface area contributed by atoms with E-state index in [9.17, 15) is 0 Å². The molecule has 0 nitrogen and oxygen atoms in total. The highest BCUT2D eigenvalue weighted by Crippen LogP contribution is 2.51. The topological polar surface area (TPSA) is 0 Å². The minimum atomic E-state index is 1.00. The van der Waals surface area contributed by atoms with Crippen molar-refractivity contribution in [3.05, 3.63) is 168 Å². The Morgan fingerprint density at radius 3 is 1.00 bits per heavy atom. The van der Waals surface area contributed by atoms with Gasteiger partial charge in [0.2, 0.25) is 0 Å². The molecule has 218 valence electrons. The molecule has 0 aromatic heterocycles. The van der Waals surface area contributed by atoms with Crippen LogP contribution in [0.2, 0.25) is 0 Å². The first kappa shape index (κ1) is 26.9. The van der Waals surface area contributed by atoms with E-state index in [-0.39, 0.29) is 0 Å². The predicted molar refractivity (Wildman–Crippen MR) is 200 cm³/mol. The maximum Gasteiger partial charge on any atom is -0.0000653 e. The molecule has 0 spiro atoms. The van der Waals surface area contributed by atoms with Crippen LogP contribution in [0.4, 0.5) is 0 Å². The highest BCUT2D eigenvalue weighted by Gasteiger charge is 2.27. The van der Waals surface area contributed by atoms with Crippen molar-refractivity contribution >= 4 is 64.6 Å². The third-order valence-corrected chi connectivity index (χ3v) is 10.4. The van der Waals surface area contributed by atoms with Crippen LogP contribution in [0, 0.1) is 6.92 Å². The normalized spacial score (nSPS) is 12.1. The van der Waals surface area contributed by atoms with Crippen molar-refractivity contribution in [2.75, 3.05) is 0 Å². The number of benzene rings is 9. The number of hydrogen-bond acceptors (Lipinski definition) is 0. The summed E-state index contributed by atoms with van der Waals surface area (Å²) in [5, 5.41) is 16.6. The van der Waals surface area contributed by atoms with E-state index in [0.717, 1.165) is 12.8 Å². The van der Waals surface area contributed by atoms with Crippen LogP contribution in [0.3, 0.4) is 0 Å². The van der Waals surface area contributed by atoms with E-state index in [4.69, 9.17) is 0 Å². The smallest absolute Gasteiger partial charge is 0.0000653 e. The summed E-state index contributed by atoms with van der Waals surface area (Å²) in [6.07, 6.45) is 2.09. The minimum Gasteiger partial charge on any atom is -0.0616 e. The van der Waals surface area contributed by atoms with Gasteiger partial charge >= 0.3 is 0 Å². The Morgan fingerprint density at radius 1 is 0.348 bits per heavy atom. The molecule has 9 aromatic rings. The van der Waals surface area contributed by atoms with E-state index in [2.05, 4.69) is 159 Å². The van der Waals surface area contributed by atoms with Crippen LogP contribution in [0.1, 0.15) is 29.2 Å². The zero-order valence-electron chi connectivity index (χ0n) is 26.3. The summed E-state index contributed by atoms with van der Waals surface area (Å²) in [6.45, 7) is 4.47. The van der Waals surface area contributed by atoms with Crippen molar-refractivity contribution in [1.29, 1.82) is 0 Å². The summed E-state index contributed by atoms with van der Waals surface area (Å²) in [6, 6.07) is 53.2. The quantitative estimate of drug-likeness (QED) is 0.133. The van der Waals surface area contributed by atoms with E-state index >= 15 is 0 Å². The molecule has 0 aliphatic heterocycles. The largest absolute Gasteiger partial charge is 0.0616 e. The molecule has 0 heteroatoms. The maximum absolute atomic E-state index is 2.31. The van der Waals surface area contributed by atoms with Crippen molar-refractivity contribution in [3.63, 3.8) is 0 Å². The fourth-order valence-electron chi connectivity index (χ4n) is 8.36. The van der Waals surface area contributed by atoms with Gasteiger partial charge in [0.1, 0.15) is 0 Å². The summed E-state index contributed by atoms with van der Waals surface area (Å²) in [4.78, 5) is 0. The molecule has 10 rings (SSSR count). The zero-order chi connectivity index (χ0) is 30.8. The Kier molecular flexibility index (Phi) is 6.18. The van der Waals surface area contributed by atoms with Crippen LogP contribution < -0.4 is 0 Å². The first-order valence-corrected chi connectivity index (χ1v) is 16.5. The van der Waals surface area contributed by atoms with Crippen molar-refractivity contribution < 1.29 is 0 Å². The van der Waals surface area contributed by atoms with Gasteiger partial charge in [-0.2, -0.15) is 0 Å². The van der Waals surface area contributed by atoms with E-state index in [0.29, 0.717) is 0 Å². The molecule has 46 heavy (non-hydrogen) atoms. The number of hydrogen-bond donors (Lipinski definition) is 0. The van der Waals surface area contributed by atoms with Gasteiger partial charge in [-0.3, -0.25) is 0 Å². The molecule has 0 saturated heterocycles. The second kappa shape index (κ2) is 10.6. The third kappa shape index (κ3) is 3.87. The average Bonchev–Trinajstić information content (AvgIpc) is 3.54. The lowest BCUT2D eigenvalue weighted by Crippen LogP contribution is -1.90. The van der Waals surface area contributed by atoms with Gasteiger partial charge in [-0.15, -0.1) is 0 Å². The molecule has 0 saturated carbocycles. The van der Waals surface area contributed by atoms with Crippen molar-refractivity contribution in [1.82, 2.24) is 0 Å². The molecule has 0 N–H and O–H groups in total. The monoisotopic (exact) mass is 586 g/mol. The van der Waals surface area contributed by atoms with Crippen molar-refractivity contribution in [3.8, 4) is 11.1 Å². The molecule has 1 aliphatic rings. The molecule has 1 aliphatic carbocycles. The van der Waals surface area contributed by atoms with Crippen molar-refractivity contribution in [2.45, 2.75) is 26.7 Å². The summed E-state index contributed by atoms with van der Waals surface area (Å²) in [7, 11) is 0. The first-order chi connectivity index (χ1) is 22.7. The lowest BCUT2D eigenvalue weighted by molar-refractivity contribution is 1.18. The highest BCUT2D eigenvalue weighted by molar-refractivity contribution is 6.24. The fraction of sp³-hybridized carbons (Fsp3) is 0.0870. The van der Waals surface area contributed by atoms with Crippen LogP contribution in [-0.2, 0) is 12.8 Å². The van der Waals surface area contributed by atoms with Crippen molar-refractivity contribution in [2.24, 2.45) is 0 Å². The Hall–Kier alpha value is -5.46. The summed E-state index contributed by atoms with van der Waals surface area (Å²) in [5.74, 6) is 0. The second-order valence-electron chi connectivity index (χ2n) is 12.6. The lowest BCUT2D eigenvalue weighted by Gasteiger charge is -2.14. The second-order valence-corrected chi connectivity index (χ2v) is 12.6. The molecular formula is C46H34. The van der Waals surface area contributed by atoms with E-state index in [1.54, 1.807) is 0 Å². The van der Waals surface area contributed by atoms with Crippen LogP contribution in [0.15, 0.2) is 146 Å². The number of fused-ring (bicyclic) bond motifs is 15. The minimum absolute atomic E-state index is 1.00.